The second-order valence-corrected chi connectivity index (χ2v) is 5.33. The van der Waals surface area contributed by atoms with E-state index < -0.39 is 0 Å². The molecule has 20 heavy (non-hydrogen) atoms. The molecule has 0 aliphatic rings. The summed E-state index contributed by atoms with van der Waals surface area (Å²) in [6.07, 6.45) is 0.561. The lowest BCUT2D eigenvalue weighted by Crippen LogP contribution is -2.16. The molecule has 0 aliphatic carbocycles. The fourth-order valence-corrected chi connectivity index (χ4v) is 2.28. The molecule has 0 fully saturated rings. The molecule has 0 aliphatic heterocycles. The molecule has 0 bridgehead atoms. The molecule has 0 radical (unpaired) electrons. The molecule has 2 aromatic carbocycles. The third-order valence-electron chi connectivity index (χ3n) is 3.11. The van der Waals surface area contributed by atoms with Gasteiger partial charge < -0.3 is 4.74 Å². The third-order valence-corrected chi connectivity index (χ3v) is 3.62. The summed E-state index contributed by atoms with van der Waals surface area (Å²) in [5.74, 6) is -0.610. The first-order valence-corrected chi connectivity index (χ1v) is 6.93. The van der Waals surface area contributed by atoms with Crippen molar-refractivity contribution < 1.29 is 9.53 Å². The van der Waals surface area contributed by atoms with Gasteiger partial charge in [-0.3, -0.25) is 4.79 Å². The van der Waals surface area contributed by atoms with Gasteiger partial charge >= 0.3 is 5.97 Å². The quantitative estimate of drug-likeness (QED) is 0.778. The van der Waals surface area contributed by atoms with E-state index in [1.54, 1.807) is 12.1 Å². The highest BCUT2D eigenvalue weighted by Crippen LogP contribution is 2.24. The SMILES string of the molecule is COC(=O)[C@H](Cc1ccc(Cl)cc1)c1ccc(Cl)cc1. The third kappa shape index (κ3) is 3.75. The lowest BCUT2D eigenvalue weighted by molar-refractivity contribution is -0.142. The minimum atomic E-state index is -0.349. The fourth-order valence-electron chi connectivity index (χ4n) is 2.03. The van der Waals surface area contributed by atoms with Crippen molar-refractivity contribution in [3.05, 3.63) is 69.7 Å². The van der Waals surface area contributed by atoms with Gasteiger partial charge in [0.15, 0.2) is 0 Å². The van der Waals surface area contributed by atoms with Crippen LogP contribution in [0.15, 0.2) is 48.5 Å². The van der Waals surface area contributed by atoms with Gasteiger partial charge in [-0.05, 0) is 41.8 Å². The van der Waals surface area contributed by atoms with Gasteiger partial charge in [0.05, 0.1) is 13.0 Å². The van der Waals surface area contributed by atoms with E-state index >= 15 is 0 Å². The number of esters is 1. The maximum absolute atomic E-state index is 12.0. The van der Waals surface area contributed by atoms with Gasteiger partial charge in [-0.2, -0.15) is 0 Å². The molecule has 0 saturated heterocycles. The molecule has 1 atom stereocenters. The van der Waals surface area contributed by atoms with Gasteiger partial charge in [0.25, 0.3) is 0 Å². The van der Waals surface area contributed by atoms with Crippen molar-refractivity contribution in [2.24, 2.45) is 0 Å². The Labute approximate surface area is 128 Å². The van der Waals surface area contributed by atoms with Crippen LogP contribution >= 0.6 is 23.2 Å². The highest BCUT2D eigenvalue weighted by molar-refractivity contribution is 6.30. The highest BCUT2D eigenvalue weighted by Gasteiger charge is 2.21. The molecule has 2 aromatic rings. The van der Waals surface area contributed by atoms with Gasteiger partial charge in [-0.1, -0.05) is 47.5 Å². The van der Waals surface area contributed by atoms with Crippen LogP contribution in [0.3, 0.4) is 0 Å². The first-order valence-electron chi connectivity index (χ1n) is 6.18. The Balaban J connectivity index is 2.26. The predicted octanol–water partition coefficient (Wildman–Crippen LogP) is 4.49. The first-order chi connectivity index (χ1) is 9.60. The average molecular weight is 309 g/mol. The predicted molar refractivity (Wildman–Crippen MR) is 81.4 cm³/mol. The van der Waals surface area contributed by atoms with Crippen molar-refractivity contribution in [2.75, 3.05) is 7.11 Å². The van der Waals surface area contributed by atoms with Crippen molar-refractivity contribution in [2.45, 2.75) is 12.3 Å². The van der Waals surface area contributed by atoms with E-state index in [1.165, 1.54) is 7.11 Å². The molecular weight excluding hydrogens is 295 g/mol. The van der Waals surface area contributed by atoms with Crippen LogP contribution in [0, 0.1) is 0 Å². The van der Waals surface area contributed by atoms with E-state index in [0.717, 1.165) is 11.1 Å². The van der Waals surface area contributed by atoms with Crippen LogP contribution in [0.2, 0.25) is 10.0 Å². The van der Waals surface area contributed by atoms with Crippen LogP contribution in [0.5, 0.6) is 0 Å². The molecule has 0 unspecified atom stereocenters. The zero-order chi connectivity index (χ0) is 14.5. The van der Waals surface area contributed by atoms with Crippen molar-refractivity contribution in [1.82, 2.24) is 0 Å². The number of carbonyl (C=O) groups excluding carboxylic acids is 1. The fraction of sp³-hybridized carbons (Fsp3) is 0.188. The number of benzene rings is 2. The monoisotopic (exact) mass is 308 g/mol. The lowest BCUT2D eigenvalue weighted by Gasteiger charge is -2.15. The van der Waals surface area contributed by atoms with Gasteiger partial charge in [-0.15, -0.1) is 0 Å². The Morgan fingerprint density at radius 1 is 1.00 bits per heavy atom. The Morgan fingerprint density at radius 2 is 1.50 bits per heavy atom. The molecule has 0 heterocycles. The standard InChI is InChI=1S/C16H14Cl2O2/c1-20-16(19)15(12-4-8-14(18)9-5-12)10-11-2-6-13(17)7-3-11/h2-9,15H,10H2,1H3/t15-/m1/s1. The topological polar surface area (TPSA) is 26.3 Å². The van der Waals surface area contributed by atoms with E-state index in [9.17, 15) is 4.79 Å². The number of carbonyl (C=O) groups is 1. The zero-order valence-corrected chi connectivity index (χ0v) is 12.5. The minimum absolute atomic E-state index is 0.262. The summed E-state index contributed by atoms with van der Waals surface area (Å²) in [7, 11) is 1.40. The molecule has 0 aromatic heterocycles. The highest BCUT2D eigenvalue weighted by atomic mass is 35.5. The number of methoxy groups -OCH3 is 1. The number of hydrogen-bond acceptors (Lipinski definition) is 2. The maximum atomic E-state index is 12.0. The van der Waals surface area contributed by atoms with Crippen LogP contribution in [0.1, 0.15) is 17.0 Å². The first kappa shape index (κ1) is 14.9. The summed E-state index contributed by atoms with van der Waals surface area (Å²) in [6, 6.07) is 14.7. The summed E-state index contributed by atoms with van der Waals surface area (Å²) in [6.45, 7) is 0. The van der Waals surface area contributed by atoms with E-state index in [0.29, 0.717) is 16.5 Å². The van der Waals surface area contributed by atoms with Gasteiger partial charge in [0.1, 0.15) is 0 Å². The summed E-state index contributed by atoms with van der Waals surface area (Å²) < 4.78 is 4.89. The van der Waals surface area contributed by atoms with Gasteiger partial charge in [0, 0.05) is 10.0 Å². The van der Waals surface area contributed by atoms with Crippen LogP contribution < -0.4 is 0 Å². The summed E-state index contributed by atoms with van der Waals surface area (Å²) >= 11 is 11.7. The molecular formula is C16H14Cl2O2. The lowest BCUT2D eigenvalue weighted by atomic mass is 9.92. The molecule has 2 rings (SSSR count). The molecule has 4 heteroatoms. The summed E-state index contributed by atoms with van der Waals surface area (Å²) in [4.78, 5) is 12.0. The Morgan fingerprint density at radius 3 is 2.00 bits per heavy atom. The van der Waals surface area contributed by atoms with Crippen molar-refractivity contribution in [1.29, 1.82) is 0 Å². The Hall–Kier alpha value is -1.51. The molecule has 0 N–H and O–H groups in total. The molecule has 0 saturated carbocycles. The van der Waals surface area contributed by atoms with E-state index in [-0.39, 0.29) is 11.9 Å². The smallest absolute Gasteiger partial charge is 0.313 e. The maximum Gasteiger partial charge on any atom is 0.313 e. The molecule has 0 spiro atoms. The summed E-state index contributed by atoms with van der Waals surface area (Å²) in [5, 5.41) is 1.32. The number of rotatable bonds is 4. The van der Waals surface area contributed by atoms with Crippen molar-refractivity contribution in [3.8, 4) is 0 Å². The largest absolute Gasteiger partial charge is 0.469 e. The van der Waals surface area contributed by atoms with E-state index in [1.807, 2.05) is 36.4 Å². The second-order valence-electron chi connectivity index (χ2n) is 4.46. The number of halogens is 2. The number of hydrogen-bond donors (Lipinski definition) is 0. The van der Waals surface area contributed by atoms with Gasteiger partial charge in [0.2, 0.25) is 0 Å². The Bertz CT molecular complexity index is 576. The van der Waals surface area contributed by atoms with Crippen LogP contribution in [-0.2, 0) is 16.0 Å². The van der Waals surface area contributed by atoms with E-state index in [4.69, 9.17) is 27.9 Å². The molecule has 104 valence electrons. The second kappa shape index (κ2) is 6.78. The van der Waals surface area contributed by atoms with Gasteiger partial charge in [-0.25, -0.2) is 0 Å². The van der Waals surface area contributed by atoms with Crippen molar-refractivity contribution >= 4 is 29.2 Å². The van der Waals surface area contributed by atoms with Crippen molar-refractivity contribution in [3.63, 3.8) is 0 Å². The summed E-state index contributed by atoms with van der Waals surface area (Å²) in [5.41, 5.74) is 1.91. The number of ether oxygens (including phenoxy) is 1. The zero-order valence-electron chi connectivity index (χ0n) is 11.0. The van der Waals surface area contributed by atoms with Crippen LogP contribution in [0.25, 0.3) is 0 Å². The molecule has 2 nitrogen and oxygen atoms in total. The normalized spacial score (nSPS) is 11.9. The molecule has 0 amide bonds. The van der Waals surface area contributed by atoms with Crippen LogP contribution in [-0.4, -0.2) is 13.1 Å². The van der Waals surface area contributed by atoms with Crippen LogP contribution in [0.4, 0.5) is 0 Å². The van der Waals surface area contributed by atoms with E-state index in [2.05, 4.69) is 0 Å². The average Bonchev–Trinajstić information content (AvgIpc) is 2.47. The minimum Gasteiger partial charge on any atom is -0.469 e. The Kier molecular flexibility index (Phi) is 5.05.